The van der Waals surface area contributed by atoms with Crippen LogP contribution in [0.5, 0.6) is 0 Å². The minimum Gasteiger partial charge on any atom is -0.309 e. The molecule has 0 amide bonds. The molecule has 1 saturated carbocycles. The maximum absolute atomic E-state index is 3.93. The number of rotatable bonds is 3. The lowest BCUT2D eigenvalue weighted by atomic mass is 9.84. The zero-order valence-electron chi connectivity index (χ0n) is 11.3. The topological polar surface area (TPSA) is 15.3 Å². The van der Waals surface area contributed by atoms with Crippen LogP contribution in [-0.2, 0) is 0 Å². The van der Waals surface area contributed by atoms with E-state index in [9.17, 15) is 0 Å². The van der Waals surface area contributed by atoms with Crippen LogP contribution in [0.4, 0.5) is 0 Å². The van der Waals surface area contributed by atoms with Crippen molar-refractivity contribution in [1.82, 2.24) is 10.2 Å². The first kappa shape index (κ1) is 12.4. The first-order chi connectivity index (χ1) is 7.58. The van der Waals surface area contributed by atoms with Gasteiger partial charge in [-0.3, -0.25) is 0 Å². The SMILES string of the molecule is CN1CCC(NC(C)(C)C2CCCC2)CC1. The van der Waals surface area contributed by atoms with Crippen LogP contribution < -0.4 is 5.32 Å². The molecule has 2 fully saturated rings. The van der Waals surface area contributed by atoms with Gasteiger partial charge in [0.1, 0.15) is 0 Å². The molecular formula is C14H28N2. The normalized spacial score (nSPS) is 26.4. The van der Waals surface area contributed by atoms with Gasteiger partial charge >= 0.3 is 0 Å². The Morgan fingerprint density at radius 2 is 1.56 bits per heavy atom. The number of nitrogens with one attached hydrogen (secondary N) is 1. The average Bonchev–Trinajstić information content (AvgIpc) is 2.75. The zero-order chi connectivity index (χ0) is 11.6. The molecule has 0 unspecified atom stereocenters. The van der Waals surface area contributed by atoms with E-state index in [4.69, 9.17) is 0 Å². The Morgan fingerprint density at radius 3 is 2.12 bits per heavy atom. The molecule has 0 aromatic rings. The molecule has 1 aliphatic heterocycles. The van der Waals surface area contributed by atoms with E-state index < -0.39 is 0 Å². The van der Waals surface area contributed by atoms with E-state index in [1.54, 1.807) is 0 Å². The highest BCUT2D eigenvalue weighted by Crippen LogP contribution is 2.34. The second-order valence-corrected chi connectivity index (χ2v) is 6.42. The van der Waals surface area contributed by atoms with E-state index in [-0.39, 0.29) is 0 Å². The summed E-state index contributed by atoms with van der Waals surface area (Å²) in [4.78, 5) is 2.45. The summed E-state index contributed by atoms with van der Waals surface area (Å²) in [5.74, 6) is 0.909. The van der Waals surface area contributed by atoms with Gasteiger partial charge in [-0.25, -0.2) is 0 Å². The standard InChI is InChI=1S/C14H28N2/c1-14(2,12-6-4-5-7-12)15-13-8-10-16(3)11-9-13/h12-13,15H,4-11H2,1-3H3. The Hall–Kier alpha value is -0.0800. The monoisotopic (exact) mass is 224 g/mol. The number of likely N-dealkylation sites (tertiary alicyclic amines) is 1. The number of hydrogen-bond acceptors (Lipinski definition) is 2. The van der Waals surface area contributed by atoms with Crippen LogP contribution in [-0.4, -0.2) is 36.6 Å². The molecule has 0 bridgehead atoms. The van der Waals surface area contributed by atoms with Crippen molar-refractivity contribution in [1.29, 1.82) is 0 Å². The zero-order valence-corrected chi connectivity index (χ0v) is 11.3. The lowest BCUT2D eigenvalue weighted by Crippen LogP contribution is -2.53. The van der Waals surface area contributed by atoms with E-state index in [0.717, 1.165) is 12.0 Å². The van der Waals surface area contributed by atoms with Gasteiger partial charge in [-0.1, -0.05) is 12.8 Å². The highest BCUT2D eigenvalue weighted by atomic mass is 15.1. The predicted octanol–water partition coefficient (Wildman–Crippen LogP) is 2.64. The smallest absolute Gasteiger partial charge is 0.0155 e. The Kier molecular flexibility index (Phi) is 3.91. The molecule has 16 heavy (non-hydrogen) atoms. The minimum atomic E-state index is 0.358. The maximum atomic E-state index is 3.93. The van der Waals surface area contributed by atoms with Gasteiger partial charge in [-0.05, 0) is 65.6 Å². The molecule has 1 aliphatic carbocycles. The quantitative estimate of drug-likeness (QED) is 0.793. The molecule has 0 radical (unpaired) electrons. The Labute approximate surface area is 101 Å². The van der Waals surface area contributed by atoms with Crippen LogP contribution in [0.2, 0.25) is 0 Å². The van der Waals surface area contributed by atoms with Crippen molar-refractivity contribution in [3.63, 3.8) is 0 Å². The first-order valence-electron chi connectivity index (χ1n) is 7.04. The van der Waals surface area contributed by atoms with Crippen LogP contribution in [0.1, 0.15) is 52.4 Å². The highest BCUT2D eigenvalue weighted by molar-refractivity contribution is 4.92. The molecule has 94 valence electrons. The van der Waals surface area contributed by atoms with Gasteiger partial charge in [0.25, 0.3) is 0 Å². The van der Waals surface area contributed by atoms with Gasteiger partial charge in [-0.2, -0.15) is 0 Å². The molecule has 0 aromatic carbocycles. The van der Waals surface area contributed by atoms with Crippen molar-refractivity contribution in [3.05, 3.63) is 0 Å². The second-order valence-electron chi connectivity index (χ2n) is 6.42. The Morgan fingerprint density at radius 1 is 1.00 bits per heavy atom. The van der Waals surface area contributed by atoms with Gasteiger partial charge in [0, 0.05) is 11.6 Å². The van der Waals surface area contributed by atoms with Crippen LogP contribution >= 0.6 is 0 Å². The van der Waals surface area contributed by atoms with Crippen molar-refractivity contribution < 1.29 is 0 Å². The molecule has 1 heterocycles. The summed E-state index contributed by atoms with van der Waals surface area (Å²) in [6, 6.07) is 0.756. The van der Waals surface area contributed by atoms with E-state index in [1.807, 2.05) is 0 Å². The van der Waals surface area contributed by atoms with Gasteiger partial charge in [0.05, 0.1) is 0 Å². The number of piperidine rings is 1. The molecule has 1 saturated heterocycles. The molecule has 2 rings (SSSR count). The molecule has 0 spiro atoms. The third-order valence-electron chi connectivity index (χ3n) is 4.67. The van der Waals surface area contributed by atoms with E-state index in [2.05, 4.69) is 31.1 Å². The summed E-state index contributed by atoms with van der Waals surface area (Å²) < 4.78 is 0. The maximum Gasteiger partial charge on any atom is 0.0155 e. The fraction of sp³-hybridized carbons (Fsp3) is 1.00. The number of hydrogen-bond donors (Lipinski definition) is 1. The summed E-state index contributed by atoms with van der Waals surface area (Å²) >= 11 is 0. The van der Waals surface area contributed by atoms with Gasteiger partial charge in [-0.15, -0.1) is 0 Å². The summed E-state index contributed by atoms with van der Waals surface area (Å²) in [7, 11) is 2.23. The molecule has 2 aliphatic rings. The summed E-state index contributed by atoms with van der Waals surface area (Å²) in [6.07, 6.45) is 8.42. The fourth-order valence-corrected chi connectivity index (χ4v) is 3.44. The van der Waals surface area contributed by atoms with E-state index in [0.29, 0.717) is 5.54 Å². The molecular weight excluding hydrogens is 196 g/mol. The lowest BCUT2D eigenvalue weighted by molar-refractivity contribution is 0.171. The minimum absolute atomic E-state index is 0.358. The average molecular weight is 224 g/mol. The van der Waals surface area contributed by atoms with Crippen LogP contribution in [0.25, 0.3) is 0 Å². The highest BCUT2D eigenvalue weighted by Gasteiger charge is 2.33. The summed E-state index contributed by atoms with van der Waals surface area (Å²) in [6.45, 7) is 7.36. The number of nitrogens with zero attached hydrogens (tertiary/aromatic N) is 1. The summed E-state index contributed by atoms with van der Waals surface area (Å²) in [5, 5.41) is 3.93. The van der Waals surface area contributed by atoms with Gasteiger partial charge < -0.3 is 10.2 Å². The largest absolute Gasteiger partial charge is 0.309 e. The van der Waals surface area contributed by atoms with Gasteiger partial charge in [0.15, 0.2) is 0 Å². The van der Waals surface area contributed by atoms with Crippen LogP contribution in [0, 0.1) is 5.92 Å². The Bertz CT molecular complexity index is 211. The predicted molar refractivity (Wildman–Crippen MR) is 69.7 cm³/mol. The fourth-order valence-electron chi connectivity index (χ4n) is 3.44. The molecule has 0 aromatic heterocycles. The summed E-state index contributed by atoms with van der Waals surface area (Å²) in [5.41, 5.74) is 0.358. The van der Waals surface area contributed by atoms with Crippen molar-refractivity contribution in [2.75, 3.05) is 20.1 Å². The third-order valence-corrected chi connectivity index (χ3v) is 4.67. The van der Waals surface area contributed by atoms with Crippen molar-refractivity contribution >= 4 is 0 Å². The molecule has 1 N–H and O–H groups in total. The van der Waals surface area contributed by atoms with Crippen molar-refractivity contribution in [3.8, 4) is 0 Å². The third kappa shape index (κ3) is 2.98. The second kappa shape index (κ2) is 5.05. The van der Waals surface area contributed by atoms with Crippen molar-refractivity contribution in [2.45, 2.75) is 64.0 Å². The van der Waals surface area contributed by atoms with Crippen LogP contribution in [0.15, 0.2) is 0 Å². The molecule has 2 heteroatoms. The molecule has 2 nitrogen and oxygen atoms in total. The Balaban J connectivity index is 1.83. The molecule has 0 atom stereocenters. The van der Waals surface area contributed by atoms with Crippen LogP contribution in [0.3, 0.4) is 0 Å². The van der Waals surface area contributed by atoms with E-state index >= 15 is 0 Å². The van der Waals surface area contributed by atoms with E-state index in [1.165, 1.54) is 51.6 Å². The lowest BCUT2D eigenvalue weighted by Gasteiger charge is -2.40. The first-order valence-corrected chi connectivity index (χ1v) is 7.04. The van der Waals surface area contributed by atoms with Crippen molar-refractivity contribution in [2.24, 2.45) is 5.92 Å². The van der Waals surface area contributed by atoms with Gasteiger partial charge in [0.2, 0.25) is 0 Å².